The lowest BCUT2D eigenvalue weighted by Crippen LogP contribution is -2.36. The number of hydrogen-bond acceptors (Lipinski definition) is 6. The molecule has 2 heterocycles. The van der Waals surface area contributed by atoms with Crippen LogP contribution in [0.25, 0.3) is 27.5 Å². The molecule has 6 aromatic rings. The first-order valence-corrected chi connectivity index (χ1v) is 13.0. The molecule has 7 heteroatoms. The van der Waals surface area contributed by atoms with E-state index < -0.39 is 0 Å². The van der Waals surface area contributed by atoms with Gasteiger partial charge in [-0.3, -0.25) is 10.4 Å². The second kappa shape index (κ2) is 9.81. The van der Waals surface area contributed by atoms with Gasteiger partial charge in [-0.1, -0.05) is 78.9 Å². The van der Waals surface area contributed by atoms with E-state index >= 15 is 0 Å². The normalized spacial score (nSPS) is 15.0. The SMILES string of the molecule is ON(O)c1ccc2c(c1)c1ccccc1n2-c1ccc(C2=NC(c3ccccc3)N=C(c3ccccc3)N2)cc1. The molecule has 0 saturated carbocycles. The Hall–Kier alpha value is -5.24. The summed E-state index contributed by atoms with van der Waals surface area (Å²) in [6.45, 7) is 0. The van der Waals surface area contributed by atoms with Crippen LogP contribution in [-0.4, -0.2) is 26.7 Å². The van der Waals surface area contributed by atoms with Crippen molar-refractivity contribution in [3.63, 3.8) is 0 Å². The maximum Gasteiger partial charge on any atom is 0.169 e. The van der Waals surface area contributed by atoms with Crippen molar-refractivity contribution in [1.82, 2.24) is 9.88 Å². The predicted octanol–water partition coefficient (Wildman–Crippen LogP) is 6.86. The number of benzene rings is 5. The third kappa shape index (κ3) is 4.19. The van der Waals surface area contributed by atoms with Gasteiger partial charge in [0.1, 0.15) is 11.7 Å². The molecule has 7 nitrogen and oxygen atoms in total. The highest BCUT2D eigenvalue weighted by Gasteiger charge is 2.21. The smallest absolute Gasteiger partial charge is 0.169 e. The van der Waals surface area contributed by atoms with Crippen LogP contribution in [0.2, 0.25) is 0 Å². The van der Waals surface area contributed by atoms with Crippen molar-refractivity contribution < 1.29 is 10.4 Å². The molecular formula is C33H25N5O2. The molecule has 1 aliphatic heterocycles. The van der Waals surface area contributed by atoms with Crippen molar-refractivity contribution in [1.29, 1.82) is 0 Å². The Bertz CT molecular complexity index is 1890. The van der Waals surface area contributed by atoms with Gasteiger partial charge in [0.05, 0.1) is 16.7 Å². The van der Waals surface area contributed by atoms with Gasteiger partial charge in [-0.2, -0.15) is 0 Å². The molecule has 1 aliphatic rings. The maximum atomic E-state index is 9.57. The topological polar surface area (TPSA) is 85.4 Å². The molecule has 1 aromatic heterocycles. The van der Waals surface area contributed by atoms with Crippen LogP contribution in [-0.2, 0) is 0 Å². The van der Waals surface area contributed by atoms with Crippen LogP contribution in [0.5, 0.6) is 0 Å². The van der Waals surface area contributed by atoms with Crippen LogP contribution in [0.15, 0.2) is 137 Å². The zero-order chi connectivity index (χ0) is 27.1. The number of aromatic nitrogens is 1. The first kappa shape index (κ1) is 23.8. The van der Waals surface area contributed by atoms with E-state index in [4.69, 9.17) is 9.98 Å². The Labute approximate surface area is 230 Å². The fraction of sp³-hybridized carbons (Fsp3) is 0.0303. The molecule has 0 spiro atoms. The van der Waals surface area contributed by atoms with Crippen molar-refractivity contribution in [3.8, 4) is 5.69 Å². The summed E-state index contributed by atoms with van der Waals surface area (Å²) in [6, 6.07) is 41.9. The van der Waals surface area contributed by atoms with Crippen LogP contribution in [0, 0.1) is 0 Å². The molecule has 7 rings (SSSR count). The van der Waals surface area contributed by atoms with Gasteiger partial charge in [0, 0.05) is 27.6 Å². The Kier molecular flexibility index (Phi) is 5.85. The summed E-state index contributed by atoms with van der Waals surface area (Å²) in [5.74, 6) is 1.54. The van der Waals surface area contributed by atoms with Crippen molar-refractivity contribution in [2.24, 2.45) is 9.98 Å². The largest absolute Gasteiger partial charge is 0.324 e. The summed E-state index contributed by atoms with van der Waals surface area (Å²) >= 11 is 0. The van der Waals surface area contributed by atoms with E-state index in [-0.39, 0.29) is 11.4 Å². The van der Waals surface area contributed by atoms with Gasteiger partial charge in [-0.05, 0) is 54.1 Å². The van der Waals surface area contributed by atoms with Crippen molar-refractivity contribution in [2.75, 3.05) is 5.23 Å². The zero-order valence-electron chi connectivity index (χ0n) is 21.4. The minimum absolute atomic E-state index is 0.147. The van der Waals surface area contributed by atoms with Gasteiger partial charge in [0.25, 0.3) is 0 Å². The average Bonchev–Trinajstić information content (AvgIpc) is 3.35. The second-order valence-corrected chi connectivity index (χ2v) is 9.62. The summed E-state index contributed by atoms with van der Waals surface area (Å²) in [6.07, 6.45) is -0.350. The highest BCUT2D eigenvalue weighted by molar-refractivity contribution is 6.16. The zero-order valence-corrected chi connectivity index (χ0v) is 21.4. The van der Waals surface area contributed by atoms with Crippen LogP contribution in [0.1, 0.15) is 22.9 Å². The lowest BCUT2D eigenvalue weighted by Gasteiger charge is -2.22. The summed E-state index contributed by atoms with van der Waals surface area (Å²) < 4.78 is 2.18. The lowest BCUT2D eigenvalue weighted by molar-refractivity contribution is 0.0292. The summed E-state index contributed by atoms with van der Waals surface area (Å²) in [4.78, 5) is 9.89. The van der Waals surface area contributed by atoms with Crippen LogP contribution < -0.4 is 10.5 Å². The van der Waals surface area contributed by atoms with E-state index in [1.54, 1.807) is 12.1 Å². The Balaban J connectivity index is 1.30. The predicted molar refractivity (Wildman–Crippen MR) is 159 cm³/mol. The van der Waals surface area contributed by atoms with Crippen molar-refractivity contribution in [3.05, 3.63) is 144 Å². The van der Waals surface area contributed by atoms with Crippen molar-refractivity contribution >= 4 is 39.2 Å². The monoisotopic (exact) mass is 523 g/mol. The average molecular weight is 524 g/mol. The molecule has 1 unspecified atom stereocenters. The standard InChI is InChI=1S/C33H25N5O2/c39-38(40)26-19-20-30-28(21-26)27-13-7-8-14-29(27)37(30)25-17-15-24(16-18-25)33-35-31(22-9-3-1-4-10-22)34-32(36-33)23-11-5-2-6-12-23/h1-21,31,39-40H,(H,34,35,36). The Morgan fingerprint density at radius 2 is 1.20 bits per heavy atom. The number of nitrogens with one attached hydrogen (secondary N) is 1. The number of amidine groups is 2. The van der Waals surface area contributed by atoms with Gasteiger partial charge >= 0.3 is 0 Å². The molecule has 0 amide bonds. The van der Waals surface area contributed by atoms with Crippen LogP contribution >= 0.6 is 0 Å². The third-order valence-corrected chi connectivity index (χ3v) is 7.17. The minimum atomic E-state index is -0.350. The van der Waals surface area contributed by atoms with Gasteiger partial charge in [0.2, 0.25) is 0 Å². The fourth-order valence-corrected chi connectivity index (χ4v) is 5.25. The first-order chi connectivity index (χ1) is 19.7. The number of rotatable bonds is 5. The van der Waals surface area contributed by atoms with Crippen LogP contribution in [0.4, 0.5) is 5.69 Å². The fourth-order valence-electron chi connectivity index (χ4n) is 5.25. The molecule has 0 bridgehead atoms. The van der Waals surface area contributed by atoms with Gasteiger partial charge < -0.3 is 9.88 Å². The highest BCUT2D eigenvalue weighted by atomic mass is 16.8. The molecule has 0 fully saturated rings. The summed E-state index contributed by atoms with van der Waals surface area (Å²) in [7, 11) is 0. The number of fused-ring (bicyclic) bond motifs is 3. The van der Waals surface area contributed by atoms with Crippen LogP contribution in [0.3, 0.4) is 0 Å². The van der Waals surface area contributed by atoms with Gasteiger partial charge in [-0.15, -0.1) is 5.23 Å². The van der Waals surface area contributed by atoms with E-state index in [1.807, 2.05) is 84.9 Å². The molecule has 0 radical (unpaired) electrons. The van der Waals surface area contributed by atoms with Gasteiger partial charge in [-0.25, -0.2) is 9.98 Å². The van der Waals surface area contributed by atoms with E-state index in [0.717, 1.165) is 55.9 Å². The van der Waals surface area contributed by atoms with Gasteiger partial charge in [0.15, 0.2) is 6.17 Å². The molecule has 5 aromatic carbocycles. The summed E-state index contributed by atoms with van der Waals surface area (Å²) in [5.41, 5.74) is 6.27. The number of para-hydroxylation sites is 1. The molecule has 40 heavy (non-hydrogen) atoms. The molecular weight excluding hydrogens is 498 g/mol. The molecule has 0 saturated heterocycles. The lowest BCUT2D eigenvalue weighted by atomic mass is 10.1. The minimum Gasteiger partial charge on any atom is -0.324 e. The third-order valence-electron chi connectivity index (χ3n) is 7.17. The first-order valence-electron chi connectivity index (χ1n) is 13.0. The maximum absolute atomic E-state index is 9.57. The van der Waals surface area contributed by atoms with E-state index in [0.29, 0.717) is 5.69 Å². The number of anilines is 1. The highest BCUT2D eigenvalue weighted by Crippen LogP contribution is 2.34. The molecule has 3 N–H and O–H groups in total. The number of aliphatic imine (C=N–C) groups is 2. The Morgan fingerprint density at radius 1 is 0.600 bits per heavy atom. The molecule has 0 aliphatic carbocycles. The van der Waals surface area contributed by atoms with E-state index in [9.17, 15) is 10.4 Å². The number of nitrogens with zero attached hydrogens (tertiary/aromatic N) is 4. The Morgan fingerprint density at radius 3 is 1.90 bits per heavy atom. The second-order valence-electron chi connectivity index (χ2n) is 9.62. The van der Waals surface area contributed by atoms with Crippen molar-refractivity contribution in [2.45, 2.75) is 6.17 Å². The molecule has 194 valence electrons. The summed E-state index contributed by atoms with van der Waals surface area (Å²) in [5, 5.41) is 24.7. The quantitative estimate of drug-likeness (QED) is 0.215. The van der Waals surface area contributed by atoms with E-state index in [1.165, 1.54) is 0 Å². The number of hydrogen-bond donors (Lipinski definition) is 3. The van der Waals surface area contributed by atoms with E-state index in [2.05, 4.69) is 40.2 Å². The molecule has 1 atom stereocenters.